The van der Waals surface area contributed by atoms with E-state index < -0.39 is 34.0 Å². The summed E-state index contributed by atoms with van der Waals surface area (Å²) in [6.07, 6.45) is -4.82. The van der Waals surface area contributed by atoms with Gasteiger partial charge in [0.05, 0.1) is 4.90 Å². The van der Waals surface area contributed by atoms with E-state index in [1.807, 2.05) is 0 Å². The number of amides is 1. The molecule has 0 saturated carbocycles. The van der Waals surface area contributed by atoms with E-state index in [0.29, 0.717) is 21.6 Å². The van der Waals surface area contributed by atoms with E-state index in [4.69, 9.17) is 0 Å². The molecule has 1 amide bonds. The van der Waals surface area contributed by atoms with Crippen molar-refractivity contribution in [1.82, 2.24) is 9.21 Å². The van der Waals surface area contributed by atoms with Crippen molar-refractivity contribution in [3.63, 3.8) is 0 Å². The van der Waals surface area contributed by atoms with Gasteiger partial charge in [-0.1, -0.05) is 25.1 Å². The van der Waals surface area contributed by atoms with Crippen LogP contribution in [0.4, 0.5) is 17.6 Å². The first kappa shape index (κ1) is 23.2. The second kappa shape index (κ2) is 8.58. The van der Waals surface area contributed by atoms with Crippen LogP contribution in [0.25, 0.3) is 0 Å². The Labute approximate surface area is 178 Å². The molecule has 1 aliphatic rings. The number of rotatable bonds is 5. The van der Waals surface area contributed by atoms with Crippen LogP contribution in [-0.4, -0.2) is 42.8 Å². The van der Waals surface area contributed by atoms with Crippen molar-refractivity contribution >= 4 is 15.9 Å². The van der Waals surface area contributed by atoms with Crippen LogP contribution in [0, 0.1) is 5.82 Å². The largest absolute Gasteiger partial charge is 0.471 e. The second-order valence-corrected chi connectivity index (χ2v) is 9.23. The Morgan fingerprint density at radius 2 is 1.77 bits per heavy atom. The number of fused-ring (bicyclic) bond motifs is 1. The molecule has 0 aliphatic carbocycles. The first-order chi connectivity index (χ1) is 14.4. The number of halogens is 4. The molecule has 0 spiro atoms. The lowest BCUT2D eigenvalue weighted by atomic mass is 10.00. The predicted molar refractivity (Wildman–Crippen MR) is 106 cm³/mol. The third-order valence-electron chi connectivity index (χ3n) is 5.42. The van der Waals surface area contributed by atoms with Crippen LogP contribution in [0.3, 0.4) is 0 Å². The molecule has 0 fully saturated rings. The normalized spacial score (nSPS) is 15.6. The number of alkyl halides is 3. The predicted octanol–water partition coefficient (Wildman–Crippen LogP) is 4.04. The Bertz CT molecular complexity index is 1070. The van der Waals surface area contributed by atoms with Gasteiger partial charge in [0.2, 0.25) is 10.0 Å². The number of benzene rings is 2. The monoisotopic (exact) mass is 458 g/mol. The molecule has 3 rings (SSSR count). The molecule has 1 heterocycles. The van der Waals surface area contributed by atoms with Gasteiger partial charge in [-0.2, -0.15) is 17.5 Å². The van der Waals surface area contributed by atoms with E-state index in [9.17, 15) is 30.8 Å². The molecule has 0 bridgehead atoms. The average molecular weight is 458 g/mol. The molecule has 31 heavy (non-hydrogen) atoms. The summed E-state index contributed by atoms with van der Waals surface area (Å²) >= 11 is 0. The summed E-state index contributed by atoms with van der Waals surface area (Å²) in [5.41, 5.74) is 1.71. The third kappa shape index (κ3) is 4.74. The van der Waals surface area contributed by atoms with Crippen LogP contribution in [0.5, 0.6) is 0 Å². The highest BCUT2D eigenvalue weighted by atomic mass is 32.2. The van der Waals surface area contributed by atoms with E-state index in [1.54, 1.807) is 13.8 Å². The molecule has 1 atom stereocenters. The Morgan fingerprint density at radius 1 is 1.13 bits per heavy atom. The zero-order valence-electron chi connectivity index (χ0n) is 17.0. The molecule has 0 aromatic heterocycles. The minimum absolute atomic E-state index is 0.0256. The van der Waals surface area contributed by atoms with Gasteiger partial charge >= 0.3 is 12.1 Å². The van der Waals surface area contributed by atoms with E-state index >= 15 is 0 Å². The van der Waals surface area contributed by atoms with Crippen LogP contribution in [0.2, 0.25) is 0 Å². The fourth-order valence-electron chi connectivity index (χ4n) is 3.74. The van der Waals surface area contributed by atoms with E-state index in [2.05, 4.69) is 0 Å². The molecule has 2 aromatic rings. The lowest BCUT2D eigenvalue weighted by Crippen LogP contribution is -2.43. The lowest BCUT2D eigenvalue weighted by Gasteiger charge is -2.31. The lowest BCUT2D eigenvalue weighted by molar-refractivity contribution is -0.186. The Hall–Kier alpha value is -2.46. The van der Waals surface area contributed by atoms with Gasteiger partial charge in [-0.15, -0.1) is 0 Å². The van der Waals surface area contributed by atoms with Gasteiger partial charge in [-0.3, -0.25) is 4.79 Å². The molecule has 10 heteroatoms. The Kier molecular flexibility index (Phi) is 6.43. The maximum atomic E-state index is 13.3. The smallest absolute Gasteiger partial charge is 0.330 e. The number of nitrogens with zero attached hydrogens (tertiary/aromatic N) is 2. The van der Waals surface area contributed by atoms with Crippen LogP contribution >= 0.6 is 0 Å². The van der Waals surface area contributed by atoms with E-state index in [0.717, 1.165) is 0 Å². The standard InChI is InChI=1S/C21H22F4N2O3S/c1-3-27(14(2)15-4-7-18(22)8-5-15)31(29,30)19-9-6-17-13-26(11-10-16(17)12-19)20(28)21(23,24)25/h4-9,12,14H,3,10-11,13H2,1-2H3. The van der Waals surface area contributed by atoms with Crippen molar-refractivity contribution in [2.75, 3.05) is 13.1 Å². The molecule has 2 aromatic carbocycles. The fourth-order valence-corrected chi connectivity index (χ4v) is 5.42. The summed E-state index contributed by atoms with van der Waals surface area (Å²) < 4.78 is 79.1. The van der Waals surface area contributed by atoms with Gasteiger partial charge in [0.1, 0.15) is 5.82 Å². The van der Waals surface area contributed by atoms with Crippen LogP contribution in [-0.2, 0) is 27.8 Å². The van der Waals surface area contributed by atoms with Crippen LogP contribution in [0.15, 0.2) is 47.4 Å². The zero-order chi connectivity index (χ0) is 23.0. The van der Waals surface area contributed by atoms with Crippen LogP contribution in [0.1, 0.15) is 36.6 Å². The van der Waals surface area contributed by atoms with E-state index in [1.165, 1.54) is 46.8 Å². The number of hydrogen-bond donors (Lipinski definition) is 0. The number of hydrogen-bond acceptors (Lipinski definition) is 3. The van der Waals surface area contributed by atoms with Crippen LogP contribution < -0.4 is 0 Å². The minimum Gasteiger partial charge on any atom is -0.330 e. The highest BCUT2D eigenvalue weighted by Gasteiger charge is 2.43. The van der Waals surface area contributed by atoms with Crippen molar-refractivity contribution in [1.29, 1.82) is 0 Å². The molecule has 5 nitrogen and oxygen atoms in total. The summed E-state index contributed by atoms with van der Waals surface area (Å²) in [5, 5.41) is 0. The van der Waals surface area contributed by atoms with Gasteiger partial charge in [0.25, 0.3) is 0 Å². The molecule has 1 aliphatic heterocycles. The molecule has 1 unspecified atom stereocenters. The van der Waals surface area contributed by atoms with Gasteiger partial charge in [0.15, 0.2) is 0 Å². The van der Waals surface area contributed by atoms with E-state index in [-0.39, 0.29) is 31.0 Å². The van der Waals surface area contributed by atoms with Crippen molar-refractivity contribution in [2.24, 2.45) is 0 Å². The summed E-state index contributed by atoms with van der Waals surface area (Å²) in [5.74, 6) is -2.32. The highest BCUT2D eigenvalue weighted by molar-refractivity contribution is 7.89. The quantitative estimate of drug-likeness (QED) is 0.636. The fraction of sp³-hybridized carbons (Fsp3) is 0.381. The molecular formula is C21H22F4N2O3S. The molecule has 0 radical (unpaired) electrons. The SMILES string of the molecule is CCN(C(C)c1ccc(F)cc1)S(=O)(=O)c1ccc2c(c1)CCN(C(=O)C(F)(F)F)C2. The van der Waals surface area contributed by atoms with Crippen molar-refractivity contribution in [3.05, 3.63) is 65.0 Å². The molecule has 0 saturated heterocycles. The first-order valence-electron chi connectivity index (χ1n) is 9.70. The van der Waals surface area contributed by atoms with Gasteiger partial charge < -0.3 is 4.90 Å². The minimum atomic E-state index is -4.95. The number of carbonyl (C=O) groups is 1. The highest BCUT2D eigenvalue weighted by Crippen LogP contribution is 2.31. The topological polar surface area (TPSA) is 57.7 Å². The van der Waals surface area contributed by atoms with Crippen molar-refractivity contribution in [2.45, 2.75) is 43.9 Å². The molecular weight excluding hydrogens is 436 g/mol. The number of sulfonamides is 1. The first-order valence-corrected chi connectivity index (χ1v) is 11.1. The number of carbonyl (C=O) groups excluding carboxylic acids is 1. The molecule has 168 valence electrons. The second-order valence-electron chi connectivity index (χ2n) is 7.34. The van der Waals surface area contributed by atoms with Gasteiger partial charge in [-0.25, -0.2) is 12.8 Å². The molecule has 0 N–H and O–H groups in total. The zero-order valence-corrected chi connectivity index (χ0v) is 17.8. The summed E-state index contributed by atoms with van der Waals surface area (Å²) in [6, 6.07) is 9.28. The maximum absolute atomic E-state index is 13.3. The van der Waals surface area contributed by atoms with Gasteiger partial charge in [0, 0.05) is 25.7 Å². The Morgan fingerprint density at radius 3 is 2.35 bits per heavy atom. The summed E-state index contributed by atoms with van der Waals surface area (Å²) in [4.78, 5) is 12.2. The average Bonchev–Trinajstić information content (AvgIpc) is 2.72. The maximum Gasteiger partial charge on any atom is 0.471 e. The summed E-state index contributed by atoms with van der Waals surface area (Å²) in [7, 11) is -3.92. The third-order valence-corrected chi connectivity index (χ3v) is 7.46. The van der Waals surface area contributed by atoms with Gasteiger partial charge in [-0.05, 0) is 54.3 Å². The summed E-state index contributed by atoms with van der Waals surface area (Å²) in [6.45, 7) is 3.20. The Balaban J connectivity index is 1.87. The van der Waals surface area contributed by atoms with Crippen molar-refractivity contribution < 1.29 is 30.8 Å². The van der Waals surface area contributed by atoms with Crippen molar-refractivity contribution in [3.8, 4) is 0 Å².